The second-order valence-electron chi connectivity index (χ2n) is 3.53. The summed E-state index contributed by atoms with van der Waals surface area (Å²) in [5, 5.41) is 9.01. The predicted molar refractivity (Wildman–Crippen MR) is 54.2 cm³/mol. The van der Waals surface area contributed by atoms with Crippen LogP contribution in [0.2, 0.25) is 0 Å². The Balaban J connectivity index is 2.04. The number of rotatable bonds is 3. The molecule has 1 aliphatic heterocycles. The minimum Gasteiger partial charge on any atom is -0.447 e. The maximum Gasteiger partial charge on any atom is 0.412 e. The molecule has 0 radical (unpaired) electrons. The van der Waals surface area contributed by atoms with Crippen LogP contribution >= 0.6 is 0 Å². The van der Waals surface area contributed by atoms with Gasteiger partial charge in [0, 0.05) is 0 Å². The fraction of sp³-hybridized carbons (Fsp3) is 0.364. The number of cyclic esters (lactones) is 1. The largest absolute Gasteiger partial charge is 0.447 e. The highest BCUT2D eigenvalue weighted by atomic mass is 16.6. The minimum absolute atomic E-state index is 0.0510. The zero-order chi connectivity index (χ0) is 10.7. The monoisotopic (exact) mass is 207 g/mol. The average molecular weight is 207 g/mol. The molecule has 4 nitrogen and oxygen atoms in total. The van der Waals surface area contributed by atoms with Gasteiger partial charge in [-0.05, 0) is 12.0 Å². The Bertz CT molecular complexity index is 339. The van der Waals surface area contributed by atoms with Crippen LogP contribution in [0.15, 0.2) is 30.3 Å². The standard InChI is InChI=1S/C11H13NO3/c13-8-12-10(7-15-11(12)14)6-9-4-2-1-3-5-9/h1-5,10,13H,6-8H2/t10-/m0/s1. The van der Waals surface area contributed by atoms with E-state index in [1.54, 1.807) is 0 Å². The highest BCUT2D eigenvalue weighted by Crippen LogP contribution is 2.15. The van der Waals surface area contributed by atoms with Crippen LogP contribution in [0.3, 0.4) is 0 Å². The maximum atomic E-state index is 11.1. The number of aliphatic hydroxyl groups excluding tert-OH is 1. The van der Waals surface area contributed by atoms with Crippen molar-refractivity contribution >= 4 is 6.09 Å². The average Bonchev–Trinajstić information content (AvgIpc) is 2.61. The van der Waals surface area contributed by atoms with Crippen LogP contribution in [0, 0.1) is 0 Å². The van der Waals surface area contributed by atoms with Crippen molar-refractivity contribution in [2.75, 3.05) is 13.3 Å². The van der Waals surface area contributed by atoms with Gasteiger partial charge in [-0.2, -0.15) is 0 Å². The number of ether oxygens (including phenoxy) is 1. The molecule has 0 bridgehead atoms. The van der Waals surface area contributed by atoms with Crippen molar-refractivity contribution in [3.63, 3.8) is 0 Å². The van der Waals surface area contributed by atoms with Crippen molar-refractivity contribution in [2.24, 2.45) is 0 Å². The topological polar surface area (TPSA) is 49.8 Å². The second-order valence-corrected chi connectivity index (χ2v) is 3.53. The molecule has 0 saturated carbocycles. The Morgan fingerprint density at radius 1 is 1.40 bits per heavy atom. The first-order valence-electron chi connectivity index (χ1n) is 4.89. The summed E-state index contributed by atoms with van der Waals surface area (Å²) in [6, 6.07) is 9.80. The van der Waals surface area contributed by atoms with Crippen LogP contribution < -0.4 is 0 Å². The fourth-order valence-electron chi connectivity index (χ4n) is 1.72. The molecule has 80 valence electrons. The minimum atomic E-state index is -0.432. The smallest absolute Gasteiger partial charge is 0.412 e. The van der Waals surface area contributed by atoms with Gasteiger partial charge in [-0.1, -0.05) is 30.3 Å². The van der Waals surface area contributed by atoms with Gasteiger partial charge in [0.1, 0.15) is 13.3 Å². The Morgan fingerprint density at radius 3 is 2.80 bits per heavy atom. The van der Waals surface area contributed by atoms with Crippen molar-refractivity contribution < 1.29 is 14.6 Å². The van der Waals surface area contributed by atoms with Gasteiger partial charge in [0.25, 0.3) is 0 Å². The molecule has 0 unspecified atom stereocenters. The molecule has 1 atom stereocenters. The van der Waals surface area contributed by atoms with Crippen molar-refractivity contribution in [1.29, 1.82) is 0 Å². The van der Waals surface area contributed by atoms with Crippen molar-refractivity contribution in [2.45, 2.75) is 12.5 Å². The van der Waals surface area contributed by atoms with Gasteiger partial charge in [-0.25, -0.2) is 4.79 Å². The number of hydrogen-bond donors (Lipinski definition) is 1. The molecule has 0 aliphatic carbocycles. The van der Waals surface area contributed by atoms with Crippen LogP contribution in [-0.2, 0) is 11.2 Å². The Labute approximate surface area is 88.1 Å². The van der Waals surface area contributed by atoms with E-state index in [9.17, 15) is 4.79 Å². The van der Waals surface area contributed by atoms with Gasteiger partial charge >= 0.3 is 6.09 Å². The van der Waals surface area contributed by atoms with Crippen molar-refractivity contribution in [3.8, 4) is 0 Å². The van der Waals surface area contributed by atoms with E-state index in [4.69, 9.17) is 9.84 Å². The number of carbonyl (C=O) groups excluding carboxylic acids is 1. The normalized spacial score (nSPS) is 20.5. The van der Waals surface area contributed by atoms with Crippen molar-refractivity contribution in [3.05, 3.63) is 35.9 Å². The highest BCUT2D eigenvalue weighted by molar-refractivity contribution is 5.69. The van der Waals surface area contributed by atoms with Crippen LogP contribution in [0.5, 0.6) is 0 Å². The maximum absolute atomic E-state index is 11.1. The van der Waals surface area contributed by atoms with E-state index in [-0.39, 0.29) is 12.8 Å². The fourth-order valence-corrected chi connectivity index (χ4v) is 1.72. The van der Waals surface area contributed by atoms with E-state index < -0.39 is 6.09 Å². The third-order valence-corrected chi connectivity index (χ3v) is 2.54. The van der Waals surface area contributed by atoms with E-state index >= 15 is 0 Å². The summed E-state index contributed by atoms with van der Waals surface area (Å²) in [7, 11) is 0. The summed E-state index contributed by atoms with van der Waals surface area (Å²) >= 11 is 0. The lowest BCUT2D eigenvalue weighted by Crippen LogP contribution is -2.35. The summed E-state index contributed by atoms with van der Waals surface area (Å²) < 4.78 is 4.87. The Hall–Kier alpha value is -1.55. The third-order valence-electron chi connectivity index (χ3n) is 2.54. The van der Waals surface area contributed by atoms with Gasteiger partial charge in [-0.15, -0.1) is 0 Å². The molecule has 1 aromatic carbocycles. The molecule has 1 heterocycles. The molecule has 2 rings (SSSR count). The highest BCUT2D eigenvalue weighted by Gasteiger charge is 2.31. The molecular formula is C11H13NO3. The van der Waals surface area contributed by atoms with Crippen LogP contribution in [-0.4, -0.2) is 35.5 Å². The zero-order valence-electron chi connectivity index (χ0n) is 8.30. The van der Waals surface area contributed by atoms with Gasteiger partial charge in [0.05, 0.1) is 6.04 Å². The second kappa shape index (κ2) is 4.31. The van der Waals surface area contributed by atoms with Gasteiger partial charge in [-0.3, -0.25) is 4.90 Å². The predicted octanol–water partition coefficient (Wildman–Crippen LogP) is 1.000. The molecule has 0 aromatic heterocycles. The van der Waals surface area contributed by atoms with E-state index in [2.05, 4.69) is 0 Å². The van der Waals surface area contributed by atoms with E-state index in [1.807, 2.05) is 30.3 Å². The molecule has 1 aromatic rings. The van der Waals surface area contributed by atoms with E-state index in [1.165, 1.54) is 4.90 Å². The van der Waals surface area contributed by atoms with Crippen LogP contribution in [0.4, 0.5) is 4.79 Å². The lowest BCUT2D eigenvalue weighted by molar-refractivity contribution is 0.106. The molecule has 1 amide bonds. The molecular weight excluding hydrogens is 194 g/mol. The van der Waals surface area contributed by atoms with Crippen LogP contribution in [0.25, 0.3) is 0 Å². The Morgan fingerprint density at radius 2 is 2.13 bits per heavy atom. The molecule has 4 heteroatoms. The lowest BCUT2D eigenvalue weighted by Gasteiger charge is -2.18. The first kappa shape index (κ1) is 9.98. The third kappa shape index (κ3) is 2.10. The van der Waals surface area contributed by atoms with E-state index in [0.717, 1.165) is 5.56 Å². The summed E-state index contributed by atoms with van der Waals surface area (Å²) in [5.74, 6) is 0. The summed E-state index contributed by atoms with van der Waals surface area (Å²) in [6.07, 6.45) is 0.283. The SMILES string of the molecule is O=C1OC[C@H](Cc2ccccc2)N1CO. The first-order chi connectivity index (χ1) is 7.31. The number of benzene rings is 1. The van der Waals surface area contributed by atoms with Gasteiger partial charge in [0.2, 0.25) is 0 Å². The summed E-state index contributed by atoms with van der Waals surface area (Å²) in [6.45, 7) is 0.0740. The number of amides is 1. The number of nitrogens with zero attached hydrogens (tertiary/aromatic N) is 1. The molecule has 0 spiro atoms. The van der Waals surface area contributed by atoms with Gasteiger partial charge < -0.3 is 9.84 Å². The van der Waals surface area contributed by atoms with Crippen molar-refractivity contribution in [1.82, 2.24) is 4.90 Å². The first-order valence-corrected chi connectivity index (χ1v) is 4.89. The Kier molecular flexibility index (Phi) is 2.87. The number of hydrogen-bond acceptors (Lipinski definition) is 3. The van der Waals surface area contributed by atoms with E-state index in [0.29, 0.717) is 13.0 Å². The lowest BCUT2D eigenvalue weighted by atomic mass is 10.1. The van der Waals surface area contributed by atoms with Crippen LogP contribution in [0.1, 0.15) is 5.56 Å². The van der Waals surface area contributed by atoms with Gasteiger partial charge in [0.15, 0.2) is 0 Å². The molecule has 1 fully saturated rings. The molecule has 15 heavy (non-hydrogen) atoms. The molecule has 1 N–H and O–H groups in total. The number of carbonyl (C=O) groups is 1. The summed E-state index contributed by atoms with van der Waals surface area (Å²) in [5.41, 5.74) is 1.14. The zero-order valence-corrected chi connectivity index (χ0v) is 8.30. The quantitative estimate of drug-likeness (QED) is 0.804. The molecule has 1 saturated heterocycles. The number of aliphatic hydroxyl groups is 1. The summed E-state index contributed by atoms with van der Waals surface area (Å²) in [4.78, 5) is 12.5. The molecule has 1 aliphatic rings.